The van der Waals surface area contributed by atoms with Crippen LogP contribution < -0.4 is 0 Å². The van der Waals surface area contributed by atoms with E-state index in [1.807, 2.05) is 0 Å². The molecule has 0 saturated carbocycles. The summed E-state index contributed by atoms with van der Waals surface area (Å²) in [5.41, 5.74) is 0. The number of aliphatic hydroxyl groups excluding tert-OH is 4. The SMILES string of the molecule is CCCCCC/C=C\CCCCCCCC(=O)O[C@@H](COC(=O)CCCCCCCCCCCCCCC)CO[C@H]1O[C@@H](CO)[C@H](O)[C@@H](O)[C@@H]1O. The second-order valence-electron chi connectivity index (χ2n) is 14.4. The van der Waals surface area contributed by atoms with E-state index in [1.165, 1.54) is 89.9 Å². The van der Waals surface area contributed by atoms with E-state index in [4.69, 9.17) is 18.9 Å². The maximum absolute atomic E-state index is 12.7. The van der Waals surface area contributed by atoms with Crippen LogP contribution in [-0.2, 0) is 28.5 Å². The van der Waals surface area contributed by atoms with Crippen LogP contribution in [0.15, 0.2) is 12.2 Å². The summed E-state index contributed by atoms with van der Waals surface area (Å²) >= 11 is 0. The molecule has 10 heteroatoms. The normalized spacial score (nSPS) is 21.3. The predicted octanol–water partition coefficient (Wildman–Crippen LogP) is 8.00. The molecule has 51 heavy (non-hydrogen) atoms. The summed E-state index contributed by atoms with van der Waals surface area (Å²) in [5.74, 6) is -0.811. The van der Waals surface area contributed by atoms with Gasteiger partial charge in [0, 0.05) is 12.8 Å². The Bertz CT molecular complexity index is 850. The first-order valence-electron chi connectivity index (χ1n) is 20.8. The molecule has 1 saturated heterocycles. The average Bonchev–Trinajstić information content (AvgIpc) is 3.13. The van der Waals surface area contributed by atoms with Crippen LogP contribution >= 0.6 is 0 Å². The van der Waals surface area contributed by atoms with Crippen molar-refractivity contribution in [2.45, 2.75) is 218 Å². The number of esters is 2. The van der Waals surface area contributed by atoms with E-state index >= 15 is 0 Å². The lowest BCUT2D eigenvalue weighted by molar-refractivity contribution is -0.305. The molecule has 0 unspecified atom stereocenters. The number of aliphatic hydroxyl groups is 4. The van der Waals surface area contributed by atoms with Gasteiger partial charge in [0.15, 0.2) is 12.4 Å². The van der Waals surface area contributed by atoms with Crippen LogP contribution in [0.3, 0.4) is 0 Å². The molecular formula is C41H76O10. The van der Waals surface area contributed by atoms with Crippen molar-refractivity contribution in [3.05, 3.63) is 12.2 Å². The molecule has 0 aromatic rings. The number of allylic oxidation sites excluding steroid dienone is 2. The quantitative estimate of drug-likeness (QED) is 0.0291. The average molecular weight is 729 g/mol. The van der Waals surface area contributed by atoms with E-state index in [9.17, 15) is 30.0 Å². The van der Waals surface area contributed by atoms with Crippen molar-refractivity contribution in [1.29, 1.82) is 0 Å². The minimum absolute atomic E-state index is 0.216. The van der Waals surface area contributed by atoms with E-state index < -0.39 is 49.4 Å². The number of ether oxygens (including phenoxy) is 4. The van der Waals surface area contributed by atoms with Crippen molar-refractivity contribution in [3.63, 3.8) is 0 Å². The fourth-order valence-electron chi connectivity index (χ4n) is 6.30. The molecule has 0 aliphatic carbocycles. The third-order valence-corrected chi connectivity index (χ3v) is 9.65. The Kier molecular flexibility index (Phi) is 30.7. The minimum atomic E-state index is -1.59. The minimum Gasteiger partial charge on any atom is -0.462 e. The Hall–Kier alpha value is -1.56. The number of hydrogen-bond donors (Lipinski definition) is 4. The van der Waals surface area contributed by atoms with Crippen LogP contribution in [0.5, 0.6) is 0 Å². The fraction of sp³-hybridized carbons (Fsp3) is 0.902. The summed E-state index contributed by atoms with van der Waals surface area (Å²) in [5, 5.41) is 39.9. The van der Waals surface area contributed by atoms with Crippen LogP contribution in [0, 0.1) is 0 Å². The van der Waals surface area contributed by atoms with Crippen LogP contribution in [0.2, 0.25) is 0 Å². The van der Waals surface area contributed by atoms with Gasteiger partial charge in [0.25, 0.3) is 0 Å². The van der Waals surface area contributed by atoms with Gasteiger partial charge < -0.3 is 39.4 Å². The van der Waals surface area contributed by atoms with Gasteiger partial charge in [-0.2, -0.15) is 0 Å². The summed E-state index contributed by atoms with van der Waals surface area (Å²) in [4.78, 5) is 25.2. The standard InChI is InChI=1S/C41H76O10/c1-3-5-7-9-11-13-15-17-19-21-23-25-27-29-36(43)48-32-34(33-49-41-40(47)39(46)38(45)35(31-42)51-41)50-37(44)30-28-26-24-22-20-18-16-14-12-10-8-6-4-2/h14,16,34-35,38-42,45-47H,3-13,15,17-33H2,1-2H3/b16-14-/t34-,35-,38-,39+,40-,41-/m0/s1. The lowest BCUT2D eigenvalue weighted by Gasteiger charge is -2.39. The molecule has 1 aliphatic heterocycles. The summed E-state index contributed by atoms with van der Waals surface area (Å²) in [6.07, 6.45) is 25.0. The summed E-state index contributed by atoms with van der Waals surface area (Å²) in [7, 11) is 0. The monoisotopic (exact) mass is 729 g/mol. The first-order valence-corrected chi connectivity index (χ1v) is 20.8. The molecule has 300 valence electrons. The number of hydrogen-bond acceptors (Lipinski definition) is 10. The lowest BCUT2D eigenvalue weighted by atomic mass is 9.99. The van der Waals surface area contributed by atoms with Gasteiger partial charge in [0.05, 0.1) is 13.2 Å². The largest absolute Gasteiger partial charge is 0.462 e. The zero-order chi connectivity index (χ0) is 37.4. The molecule has 0 amide bonds. The third-order valence-electron chi connectivity index (χ3n) is 9.65. The van der Waals surface area contributed by atoms with Crippen LogP contribution in [0.4, 0.5) is 0 Å². The number of rotatable bonds is 34. The molecule has 6 atom stereocenters. The third kappa shape index (κ3) is 25.2. The molecule has 0 bridgehead atoms. The van der Waals surface area contributed by atoms with Crippen LogP contribution in [0.1, 0.15) is 181 Å². The molecule has 0 aromatic heterocycles. The molecule has 1 rings (SSSR count). The van der Waals surface area contributed by atoms with Gasteiger partial charge in [-0.1, -0.05) is 142 Å². The van der Waals surface area contributed by atoms with Gasteiger partial charge in [-0.05, 0) is 38.5 Å². The summed E-state index contributed by atoms with van der Waals surface area (Å²) in [6.45, 7) is 3.39. The molecule has 4 N–H and O–H groups in total. The maximum Gasteiger partial charge on any atom is 0.306 e. The predicted molar refractivity (Wildman–Crippen MR) is 201 cm³/mol. The van der Waals surface area contributed by atoms with Crippen molar-refractivity contribution in [2.24, 2.45) is 0 Å². The Morgan fingerprint density at radius 3 is 1.55 bits per heavy atom. The Morgan fingerprint density at radius 2 is 1.04 bits per heavy atom. The highest BCUT2D eigenvalue weighted by molar-refractivity contribution is 5.70. The molecule has 1 fully saturated rings. The highest BCUT2D eigenvalue weighted by atomic mass is 16.7. The maximum atomic E-state index is 12.7. The van der Waals surface area contributed by atoms with Gasteiger partial charge in [-0.15, -0.1) is 0 Å². The Balaban J connectivity index is 2.37. The second kappa shape index (κ2) is 33.0. The second-order valence-corrected chi connectivity index (χ2v) is 14.4. The molecule has 0 spiro atoms. The zero-order valence-electron chi connectivity index (χ0n) is 32.4. The van der Waals surface area contributed by atoms with Crippen molar-refractivity contribution >= 4 is 11.9 Å². The first-order chi connectivity index (χ1) is 24.8. The molecular weight excluding hydrogens is 652 g/mol. The van der Waals surface area contributed by atoms with E-state index in [2.05, 4.69) is 26.0 Å². The van der Waals surface area contributed by atoms with Crippen molar-refractivity contribution in [1.82, 2.24) is 0 Å². The number of carbonyl (C=O) groups excluding carboxylic acids is 2. The van der Waals surface area contributed by atoms with Gasteiger partial charge in [0.2, 0.25) is 0 Å². The van der Waals surface area contributed by atoms with Crippen molar-refractivity contribution in [2.75, 3.05) is 19.8 Å². The van der Waals surface area contributed by atoms with Gasteiger partial charge in [-0.25, -0.2) is 0 Å². The van der Waals surface area contributed by atoms with E-state index in [0.717, 1.165) is 57.8 Å². The molecule has 0 aromatic carbocycles. The van der Waals surface area contributed by atoms with Crippen LogP contribution in [0.25, 0.3) is 0 Å². The van der Waals surface area contributed by atoms with E-state index in [-0.39, 0.29) is 32.0 Å². The molecule has 10 nitrogen and oxygen atoms in total. The Morgan fingerprint density at radius 1 is 0.588 bits per heavy atom. The highest BCUT2D eigenvalue weighted by Crippen LogP contribution is 2.22. The lowest BCUT2D eigenvalue weighted by Crippen LogP contribution is -2.59. The Labute approximate surface area is 310 Å². The van der Waals surface area contributed by atoms with Crippen molar-refractivity contribution in [3.8, 4) is 0 Å². The number of carbonyl (C=O) groups is 2. The summed E-state index contributed by atoms with van der Waals surface area (Å²) in [6, 6.07) is 0. The first kappa shape index (κ1) is 47.5. The van der Waals surface area contributed by atoms with E-state index in [1.54, 1.807) is 0 Å². The number of unbranched alkanes of at least 4 members (excludes halogenated alkanes) is 21. The van der Waals surface area contributed by atoms with Gasteiger partial charge >= 0.3 is 11.9 Å². The molecule has 0 radical (unpaired) electrons. The fourth-order valence-corrected chi connectivity index (χ4v) is 6.30. The summed E-state index contributed by atoms with van der Waals surface area (Å²) < 4.78 is 22.1. The smallest absolute Gasteiger partial charge is 0.306 e. The topological polar surface area (TPSA) is 152 Å². The van der Waals surface area contributed by atoms with Crippen molar-refractivity contribution < 1.29 is 49.0 Å². The highest BCUT2D eigenvalue weighted by Gasteiger charge is 2.44. The van der Waals surface area contributed by atoms with Crippen LogP contribution in [-0.4, -0.2) is 89.0 Å². The molecule has 1 heterocycles. The zero-order valence-corrected chi connectivity index (χ0v) is 32.4. The van der Waals surface area contributed by atoms with Gasteiger partial charge in [0.1, 0.15) is 31.0 Å². The molecule has 1 aliphatic rings. The van der Waals surface area contributed by atoms with E-state index in [0.29, 0.717) is 6.42 Å². The van der Waals surface area contributed by atoms with Gasteiger partial charge in [-0.3, -0.25) is 9.59 Å².